The van der Waals surface area contributed by atoms with E-state index in [1.54, 1.807) is 4.90 Å². The molecule has 5 heteroatoms. The summed E-state index contributed by atoms with van der Waals surface area (Å²) in [5.41, 5.74) is 1.00. The number of carbonyl (C=O) groups is 2. The molecule has 0 fully saturated rings. The minimum Gasteiger partial charge on any atom is -0.481 e. The Labute approximate surface area is 127 Å². The third-order valence-electron chi connectivity index (χ3n) is 3.07. The van der Waals surface area contributed by atoms with E-state index in [0.717, 1.165) is 10.4 Å². The number of thiophene rings is 1. The lowest BCUT2D eigenvalue weighted by Crippen LogP contribution is -2.33. The summed E-state index contributed by atoms with van der Waals surface area (Å²) in [7, 11) is 0. The number of nitrogens with zero attached hydrogens (tertiary/aromatic N) is 1. The zero-order chi connectivity index (χ0) is 15.1. The molecular formula is C16H17NO3S. The largest absolute Gasteiger partial charge is 0.481 e. The molecule has 0 aliphatic heterocycles. The van der Waals surface area contributed by atoms with Crippen molar-refractivity contribution in [3.05, 3.63) is 58.3 Å². The fourth-order valence-corrected chi connectivity index (χ4v) is 2.70. The first-order valence-electron chi connectivity index (χ1n) is 6.71. The number of aliphatic carboxylic acids is 1. The van der Waals surface area contributed by atoms with Crippen molar-refractivity contribution in [2.75, 3.05) is 6.54 Å². The summed E-state index contributed by atoms with van der Waals surface area (Å²) in [6, 6.07) is 13.4. The smallest absolute Gasteiger partial charge is 0.305 e. The molecular weight excluding hydrogens is 286 g/mol. The molecule has 0 radical (unpaired) electrons. The minimum absolute atomic E-state index is 0.0387. The topological polar surface area (TPSA) is 57.6 Å². The van der Waals surface area contributed by atoms with Crippen LogP contribution in [0.2, 0.25) is 0 Å². The van der Waals surface area contributed by atoms with Gasteiger partial charge in [-0.1, -0.05) is 36.4 Å². The van der Waals surface area contributed by atoms with E-state index < -0.39 is 5.97 Å². The van der Waals surface area contributed by atoms with E-state index >= 15 is 0 Å². The number of benzene rings is 1. The maximum absolute atomic E-state index is 12.4. The molecule has 1 amide bonds. The second-order valence-electron chi connectivity index (χ2n) is 4.70. The molecule has 0 aliphatic carbocycles. The Morgan fingerprint density at radius 3 is 2.48 bits per heavy atom. The van der Waals surface area contributed by atoms with Gasteiger partial charge in [0.1, 0.15) is 0 Å². The van der Waals surface area contributed by atoms with Gasteiger partial charge in [0.05, 0.1) is 12.8 Å². The zero-order valence-electron chi connectivity index (χ0n) is 11.6. The molecule has 1 aromatic carbocycles. The number of hydrogen-bond acceptors (Lipinski definition) is 3. The summed E-state index contributed by atoms with van der Waals surface area (Å²) in [6.07, 6.45) is 0.285. The molecule has 21 heavy (non-hydrogen) atoms. The van der Waals surface area contributed by atoms with Gasteiger partial charge in [0, 0.05) is 18.0 Å². The van der Waals surface area contributed by atoms with Crippen LogP contribution in [0.1, 0.15) is 16.9 Å². The van der Waals surface area contributed by atoms with Crippen LogP contribution in [0.3, 0.4) is 0 Å². The van der Waals surface area contributed by atoms with Gasteiger partial charge < -0.3 is 10.0 Å². The van der Waals surface area contributed by atoms with Crippen LogP contribution in [-0.4, -0.2) is 28.4 Å². The van der Waals surface area contributed by atoms with Gasteiger partial charge in [-0.2, -0.15) is 0 Å². The van der Waals surface area contributed by atoms with E-state index in [0.29, 0.717) is 13.0 Å². The highest BCUT2D eigenvalue weighted by Gasteiger charge is 2.16. The average molecular weight is 303 g/mol. The van der Waals surface area contributed by atoms with E-state index in [9.17, 15) is 9.59 Å². The summed E-state index contributed by atoms with van der Waals surface area (Å²) in [5, 5.41) is 10.8. The Morgan fingerprint density at radius 1 is 1.10 bits per heavy atom. The number of carbonyl (C=O) groups excluding carboxylic acids is 1. The van der Waals surface area contributed by atoms with Gasteiger partial charge in [-0.25, -0.2) is 0 Å². The Hall–Kier alpha value is -2.14. The van der Waals surface area contributed by atoms with Crippen molar-refractivity contribution in [3.63, 3.8) is 0 Å². The fourth-order valence-electron chi connectivity index (χ4n) is 2.00. The first-order valence-corrected chi connectivity index (χ1v) is 7.59. The first kappa shape index (κ1) is 15.3. The molecule has 4 nitrogen and oxygen atoms in total. The lowest BCUT2D eigenvalue weighted by molar-refractivity contribution is -0.138. The minimum atomic E-state index is -0.892. The predicted molar refractivity (Wildman–Crippen MR) is 82.1 cm³/mol. The van der Waals surface area contributed by atoms with Gasteiger partial charge in [-0.3, -0.25) is 9.59 Å². The second kappa shape index (κ2) is 7.59. The maximum atomic E-state index is 12.4. The van der Waals surface area contributed by atoms with Gasteiger partial charge in [-0.05, 0) is 17.0 Å². The van der Waals surface area contributed by atoms with Crippen LogP contribution in [0.5, 0.6) is 0 Å². The van der Waals surface area contributed by atoms with E-state index in [4.69, 9.17) is 5.11 Å². The molecule has 0 saturated carbocycles. The molecule has 1 N–H and O–H groups in total. The van der Waals surface area contributed by atoms with Crippen LogP contribution in [0.4, 0.5) is 0 Å². The number of carboxylic acid groups (broad SMARTS) is 1. The van der Waals surface area contributed by atoms with Crippen molar-refractivity contribution in [1.82, 2.24) is 4.90 Å². The van der Waals surface area contributed by atoms with Crippen LogP contribution in [0, 0.1) is 0 Å². The van der Waals surface area contributed by atoms with E-state index in [1.807, 2.05) is 47.8 Å². The van der Waals surface area contributed by atoms with Crippen LogP contribution >= 0.6 is 11.3 Å². The number of rotatable bonds is 7. The number of carboxylic acids is 1. The van der Waals surface area contributed by atoms with Gasteiger partial charge >= 0.3 is 5.97 Å². The van der Waals surface area contributed by atoms with Crippen LogP contribution in [-0.2, 0) is 22.6 Å². The number of hydrogen-bond donors (Lipinski definition) is 1. The van der Waals surface area contributed by atoms with Crippen LogP contribution < -0.4 is 0 Å². The summed E-state index contributed by atoms with van der Waals surface area (Å²) in [4.78, 5) is 25.7. The van der Waals surface area contributed by atoms with Gasteiger partial charge in [-0.15, -0.1) is 11.3 Å². The van der Waals surface area contributed by atoms with Gasteiger partial charge in [0.2, 0.25) is 5.91 Å². The van der Waals surface area contributed by atoms with Crippen molar-refractivity contribution in [2.45, 2.75) is 19.4 Å². The zero-order valence-corrected chi connectivity index (χ0v) is 12.4. The average Bonchev–Trinajstić information content (AvgIpc) is 2.97. The third kappa shape index (κ3) is 5.04. The molecule has 0 bridgehead atoms. The lowest BCUT2D eigenvalue weighted by Gasteiger charge is -2.22. The summed E-state index contributed by atoms with van der Waals surface area (Å²) >= 11 is 1.54. The van der Waals surface area contributed by atoms with Crippen LogP contribution in [0.15, 0.2) is 47.8 Å². The van der Waals surface area contributed by atoms with Crippen molar-refractivity contribution < 1.29 is 14.7 Å². The highest BCUT2D eigenvalue weighted by atomic mass is 32.1. The Bertz CT molecular complexity index is 581. The summed E-state index contributed by atoms with van der Waals surface area (Å²) in [6.45, 7) is 0.673. The number of amides is 1. The highest BCUT2D eigenvalue weighted by molar-refractivity contribution is 7.10. The Kier molecular flexibility index (Phi) is 5.51. The lowest BCUT2D eigenvalue weighted by atomic mass is 10.2. The van der Waals surface area contributed by atoms with E-state index in [1.165, 1.54) is 11.3 Å². The normalized spacial score (nSPS) is 10.3. The molecule has 0 spiro atoms. The van der Waals surface area contributed by atoms with E-state index in [-0.39, 0.29) is 18.9 Å². The van der Waals surface area contributed by atoms with E-state index in [2.05, 4.69) is 0 Å². The van der Waals surface area contributed by atoms with Crippen LogP contribution in [0.25, 0.3) is 0 Å². The van der Waals surface area contributed by atoms with Crippen molar-refractivity contribution in [3.8, 4) is 0 Å². The second-order valence-corrected chi connectivity index (χ2v) is 5.73. The summed E-state index contributed by atoms with van der Waals surface area (Å²) < 4.78 is 0. The highest BCUT2D eigenvalue weighted by Crippen LogP contribution is 2.13. The van der Waals surface area contributed by atoms with Crippen molar-refractivity contribution in [1.29, 1.82) is 0 Å². The Morgan fingerprint density at radius 2 is 1.86 bits per heavy atom. The van der Waals surface area contributed by atoms with Crippen molar-refractivity contribution in [2.24, 2.45) is 0 Å². The predicted octanol–water partition coefficient (Wildman–Crippen LogP) is 2.79. The molecule has 2 rings (SSSR count). The molecule has 1 heterocycles. The monoisotopic (exact) mass is 303 g/mol. The fraction of sp³-hybridized carbons (Fsp3) is 0.250. The maximum Gasteiger partial charge on any atom is 0.305 e. The molecule has 2 aromatic rings. The molecule has 1 aromatic heterocycles. The third-order valence-corrected chi connectivity index (χ3v) is 3.95. The molecule has 0 aliphatic rings. The molecule has 0 saturated heterocycles. The molecule has 0 atom stereocenters. The standard InChI is InChI=1S/C16H17NO3S/c18-15(11-14-7-4-10-21-14)17(9-8-16(19)20)12-13-5-2-1-3-6-13/h1-7,10H,8-9,11-12H2,(H,19,20). The van der Waals surface area contributed by atoms with Crippen molar-refractivity contribution >= 4 is 23.2 Å². The molecule has 0 unspecified atom stereocenters. The molecule has 110 valence electrons. The first-order chi connectivity index (χ1) is 10.1. The quantitative estimate of drug-likeness (QED) is 0.855. The van der Waals surface area contributed by atoms with Gasteiger partial charge in [0.25, 0.3) is 0 Å². The van der Waals surface area contributed by atoms with Gasteiger partial charge in [0.15, 0.2) is 0 Å². The summed E-state index contributed by atoms with van der Waals surface area (Å²) in [5.74, 6) is -0.931. The SMILES string of the molecule is O=C(O)CCN(Cc1ccccc1)C(=O)Cc1cccs1. The Balaban J connectivity index is 2.03.